The third kappa shape index (κ3) is 2.84. The number of carbonyl (C=O) groups excluding carboxylic acids is 2. The number of methoxy groups -OCH3 is 1. The number of likely N-dealkylation sites (tertiary alicyclic amines) is 1. The SMILES string of the molecule is COC(=O)[C@]1(C)CCN(C(=O)c2ccc(-n3ccnc3)cc2)C1. The number of amides is 1. The molecule has 1 aromatic heterocycles. The fourth-order valence-electron chi connectivity index (χ4n) is 2.92. The first-order valence-electron chi connectivity index (χ1n) is 7.49. The summed E-state index contributed by atoms with van der Waals surface area (Å²) < 4.78 is 6.72. The molecule has 3 rings (SSSR count). The molecule has 0 bridgehead atoms. The lowest BCUT2D eigenvalue weighted by molar-refractivity contribution is -0.150. The predicted octanol–water partition coefficient (Wildman–Crippen LogP) is 1.90. The Labute approximate surface area is 134 Å². The number of imidazole rings is 1. The quantitative estimate of drug-likeness (QED) is 0.812. The summed E-state index contributed by atoms with van der Waals surface area (Å²) in [6, 6.07) is 7.35. The Morgan fingerprint density at radius 2 is 2.00 bits per heavy atom. The second-order valence-corrected chi connectivity index (χ2v) is 6.05. The Balaban J connectivity index is 1.73. The molecule has 1 amide bonds. The largest absolute Gasteiger partial charge is 0.469 e. The van der Waals surface area contributed by atoms with Crippen molar-refractivity contribution in [3.05, 3.63) is 48.5 Å². The van der Waals surface area contributed by atoms with Crippen LogP contribution >= 0.6 is 0 Å². The highest BCUT2D eigenvalue weighted by molar-refractivity contribution is 5.95. The van der Waals surface area contributed by atoms with Crippen LogP contribution in [0.5, 0.6) is 0 Å². The molecule has 1 aliphatic heterocycles. The van der Waals surface area contributed by atoms with E-state index in [9.17, 15) is 9.59 Å². The number of nitrogens with zero attached hydrogens (tertiary/aromatic N) is 3. The summed E-state index contributed by atoms with van der Waals surface area (Å²) in [6.07, 6.45) is 5.88. The van der Waals surface area contributed by atoms with Gasteiger partial charge in [-0.25, -0.2) is 4.98 Å². The minimum Gasteiger partial charge on any atom is -0.469 e. The standard InChI is InChI=1S/C17H19N3O3/c1-17(16(22)23-2)7-9-19(11-17)15(21)13-3-5-14(6-4-13)20-10-8-18-12-20/h3-6,8,10,12H,7,9,11H2,1-2H3/t17-/m1/s1. The van der Waals surface area contributed by atoms with Gasteiger partial charge in [0.1, 0.15) is 0 Å². The van der Waals surface area contributed by atoms with Crippen molar-refractivity contribution in [2.45, 2.75) is 13.3 Å². The number of ether oxygens (including phenoxy) is 1. The Morgan fingerprint density at radius 3 is 2.61 bits per heavy atom. The summed E-state index contributed by atoms with van der Waals surface area (Å²) in [5.41, 5.74) is 0.948. The zero-order valence-corrected chi connectivity index (χ0v) is 13.2. The molecule has 1 aromatic carbocycles. The van der Waals surface area contributed by atoms with Crippen molar-refractivity contribution < 1.29 is 14.3 Å². The molecule has 2 aromatic rings. The summed E-state index contributed by atoms with van der Waals surface area (Å²) in [7, 11) is 1.38. The first-order valence-corrected chi connectivity index (χ1v) is 7.49. The van der Waals surface area contributed by atoms with Crippen LogP contribution in [0.1, 0.15) is 23.7 Å². The van der Waals surface area contributed by atoms with Crippen LogP contribution in [0.2, 0.25) is 0 Å². The minimum atomic E-state index is -0.610. The van der Waals surface area contributed by atoms with Crippen molar-refractivity contribution in [1.29, 1.82) is 0 Å². The third-order valence-corrected chi connectivity index (χ3v) is 4.36. The van der Waals surface area contributed by atoms with E-state index in [2.05, 4.69) is 4.98 Å². The summed E-state index contributed by atoms with van der Waals surface area (Å²) in [6.45, 7) is 2.80. The lowest BCUT2D eigenvalue weighted by Gasteiger charge is -2.22. The van der Waals surface area contributed by atoms with E-state index in [0.717, 1.165) is 5.69 Å². The van der Waals surface area contributed by atoms with Crippen molar-refractivity contribution in [1.82, 2.24) is 14.5 Å². The van der Waals surface area contributed by atoms with Gasteiger partial charge in [0, 0.05) is 36.7 Å². The number of carbonyl (C=O) groups is 2. The van der Waals surface area contributed by atoms with Gasteiger partial charge in [0.15, 0.2) is 0 Å². The predicted molar refractivity (Wildman–Crippen MR) is 84.2 cm³/mol. The van der Waals surface area contributed by atoms with Crippen LogP contribution in [0, 0.1) is 5.41 Å². The lowest BCUT2D eigenvalue weighted by Crippen LogP contribution is -2.35. The molecule has 120 valence electrons. The molecule has 6 heteroatoms. The van der Waals surface area contributed by atoms with Gasteiger partial charge in [-0.05, 0) is 37.6 Å². The monoisotopic (exact) mass is 313 g/mol. The van der Waals surface area contributed by atoms with Crippen molar-refractivity contribution in [3.63, 3.8) is 0 Å². The van der Waals surface area contributed by atoms with Crippen LogP contribution in [0.25, 0.3) is 5.69 Å². The fraction of sp³-hybridized carbons (Fsp3) is 0.353. The molecule has 0 N–H and O–H groups in total. The highest BCUT2D eigenvalue weighted by Crippen LogP contribution is 2.32. The zero-order valence-electron chi connectivity index (χ0n) is 13.2. The van der Waals surface area contributed by atoms with E-state index in [4.69, 9.17) is 4.74 Å². The smallest absolute Gasteiger partial charge is 0.313 e. The van der Waals surface area contributed by atoms with Crippen LogP contribution in [0.4, 0.5) is 0 Å². The van der Waals surface area contributed by atoms with E-state index < -0.39 is 5.41 Å². The molecule has 0 spiro atoms. The molecule has 0 unspecified atom stereocenters. The first kappa shape index (κ1) is 15.3. The van der Waals surface area contributed by atoms with Gasteiger partial charge in [-0.3, -0.25) is 9.59 Å². The number of aromatic nitrogens is 2. The maximum Gasteiger partial charge on any atom is 0.313 e. The topological polar surface area (TPSA) is 64.4 Å². The van der Waals surface area contributed by atoms with E-state index in [0.29, 0.717) is 25.1 Å². The second-order valence-electron chi connectivity index (χ2n) is 6.05. The average molecular weight is 313 g/mol. The number of esters is 1. The molecule has 1 fully saturated rings. The zero-order chi connectivity index (χ0) is 16.4. The molecule has 0 radical (unpaired) electrons. The van der Waals surface area contributed by atoms with Crippen molar-refractivity contribution in [3.8, 4) is 5.69 Å². The summed E-state index contributed by atoms with van der Waals surface area (Å²) in [4.78, 5) is 30.2. The second kappa shape index (κ2) is 5.87. The molecule has 0 aliphatic carbocycles. The van der Waals surface area contributed by atoms with Gasteiger partial charge in [0.05, 0.1) is 18.9 Å². The molecular formula is C17H19N3O3. The van der Waals surface area contributed by atoms with E-state index in [1.54, 1.807) is 29.6 Å². The van der Waals surface area contributed by atoms with Crippen LogP contribution in [-0.2, 0) is 9.53 Å². The molecule has 6 nitrogen and oxygen atoms in total. The molecular weight excluding hydrogens is 294 g/mol. The van der Waals surface area contributed by atoms with E-state index in [1.807, 2.05) is 29.8 Å². The normalized spacial score (nSPS) is 20.5. The van der Waals surface area contributed by atoms with Gasteiger partial charge in [-0.2, -0.15) is 0 Å². The molecule has 2 heterocycles. The average Bonchev–Trinajstić information content (AvgIpc) is 3.24. The van der Waals surface area contributed by atoms with Gasteiger partial charge in [-0.1, -0.05) is 0 Å². The van der Waals surface area contributed by atoms with Gasteiger partial charge in [0.2, 0.25) is 0 Å². The van der Waals surface area contributed by atoms with Gasteiger partial charge < -0.3 is 14.2 Å². The van der Waals surface area contributed by atoms with Gasteiger partial charge in [0.25, 0.3) is 5.91 Å². The van der Waals surface area contributed by atoms with Crippen LogP contribution in [0.15, 0.2) is 43.0 Å². The van der Waals surface area contributed by atoms with Gasteiger partial charge in [-0.15, -0.1) is 0 Å². The molecule has 0 saturated carbocycles. The highest BCUT2D eigenvalue weighted by Gasteiger charge is 2.43. The Bertz CT molecular complexity index is 709. The Morgan fingerprint density at radius 1 is 1.26 bits per heavy atom. The molecule has 23 heavy (non-hydrogen) atoms. The van der Waals surface area contributed by atoms with Crippen molar-refractivity contribution >= 4 is 11.9 Å². The van der Waals surface area contributed by atoms with E-state index in [-0.39, 0.29) is 11.9 Å². The summed E-state index contributed by atoms with van der Waals surface area (Å²) >= 11 is 0. The first-order chi connectivity index (χ1) is 11.0. The van der Waals surface area contributed by atoms with Crippen LogP contribution in [-0.4, -0.2) is 46.5 Å². The number of benzene rings is 1. The Hall–Kier alpha value is -2.63. The van der Waals surface area contributed by atoms with Crippen molar-refractivity contribution in [2.24, 2.45) is 5.41 Å². The van der Waals surface area contributed by atoms with E-state index >= 15 is 0 Å². The summed E-state index contributed by atoms with van der Waals surface area (Å²) in [5, 5.41) is 0. The van der Waals surface area contributed by atoms with Crippen LogP contribution < -0.4 is 0 Å². The fourth-order valence-corrected chi connectivity index (χ4v) is 2.92. The van der Waals surface area contributed by atoms with Crippen molar-refractivity contribution in [2.75, 3.05) is 20.2 Å². The molecule has 1 atom stereocenters. The number of hydrogen-bond acceptors (Lipinski definition) is 4. The maximum atomic E-state index is 12.6. The number of rotatable bonds is 3. The maximum absolute atomic E-state index is 12.6. The molecule has 1 aliphatic rings. The van der Waals surface area contributed by atoms with E-state index in [1.165, 1.54) is 7.11 Å². The van der Waals surface area contributed by atoms with Gasteiger partial charge >= 0.3 is 5.97 Å². The third-order valence-electron chi connectivity index (χ3n) is 4.36. The number of hydrogen-bond donors (Lipinski definition) is 0. The molecule has 1 saturated heterocycles. The lowest BCUT2D eigenvalue weighted by atomic mass is 9.90. The highest BCUT2D eigenvalue weighted by atomic mass is 16.5. The minimum absolute atomic E-state index is 0.0604. The van der Waals surface area contributed by atoms with Crippen LogP contribution in [0.3, 0.4) is 0 Å². The summed E-state index contributed by atoms with van der Waals surface area (Å²) in [5.74, 6) is -0.321. The Kier molecular flexibility index (Phi) is 3.90.